The van der Waals surface area contributed by atoms with Gasteiger partial charge in [0.15, 0.2) is 11.5 Å². The Morgan fingerprint density at radius 3 is 2.48 bits per heavy atom. The third kappa shape index (κ3) is 3.99. The quantitative estimate of drug-likeness (QED) is 0.830. The van der Waals surface area contributed by atoms with E-state index in [9.17, 15) is 0 Å². The van der Waals surface area contributed by atoms with E-state index in [-0.39, 0.29) is 0 Å². The fourth-order valence-electron chi connectivity index (χ4n) is 2.11. The topological polar surface area (TPSA) is 30.5 Å². The molecule has 0 saturated heterocycles. The highest BCUT2D eigenvalue weighted by Crippen LogP contribution is 2.34. The van der Waals surface area contributed by atoms with Gasteiger partial charge in [-0.2, -0.15) is 0 Å². The van der Waals surface area contributed by atoms with E-state index in [0.29, 0.717) is 0 Å². The zero-order chi connectivity index (χ0) is 15.2. The summed E-state index contributed by atoms with van der Waals surface area (Å²) in [6.45, 7) is 2.86. The monoisotopic (exact) mass is 349 g/mol. The molecule has 2 rings (SSSR count). The lowest BCUT2D eigenvalue weighted by Gasteiger charge is -2.14. The zero-order valence-corrected chi connectivity index (χ0v) is 14.2. The standard InChI is InChI=1S/C17H20BrNO2/c1-4-12-5-7-16(17(9-12)20-3)21-15-8-6-14(18)10-13(15)11-19-2/h5-10,19H,4,11H2,1-3H3. The predicted molar refractivity (Wildman–Crippen MR) is 89.4 cm³/mol. The van der Waals surface area contributed by atoms with Crippen LogP contribution in [0.1, 0.15) is 18.1 Å². The Balaban J connectivity index is 2.33. The molecule has 112 valence electrons. The summed E-state index contributed by atoms with van der Waals surface area (Å²) in [5.74, 6) is 2.32. The van der Waals surface area contributed by atoms with Crippen LogP contribution < -0.4 is 14.8 Å². The molecule has 0 unspecified atom stereocenters. The number of benzene rings is 2. The number of rotatable bonds is 6. The molecule has 0 spiro atoms. The van der Waals surface area contributed by atoms with Crippen LogP contribution in [0.25, 0.3) is 0 Å². The van der Waals surface area contributed by atoms with Gasteiger partial charge in [-0.25, -0.2) is 0 Å². The molecular weight excluding hydrogens is 330 g/mol. The van der Waals surface area contributed by atoms with Crippen molar-refractivity contribution < 1.29 is 9.47 Å². The van der Waals surface area contributed by atoms with Crippen molar-refractivity contribution in [2.75, 3.05) is 14.2 Å². The fraction of sp³-hybridized carbons (Fsp3) is 0.294. The van der Waals surface area contributed by atoms with Crippen LogP contribution in [0.15, 0.2) is 40.9 Å². The van der Waals surface area contributed by atoms with E-state index in [1.807, 2.05) is 31.3 Å². The lowest BCUT2D eigenvalue weighted by Crippen LogP contribution is -2.06. The molecule has 2 aromatic rings. The van der Waals surface area contributed by atoms with Gasteiger partial charge in [0.25, 0.3) is 0 Å². The van der Waals surface area contributed by atoms with Gasteiger partial charge in [-0.1, -0.05) is 28.9 Å². The van der Waals surface area contributed by atoms with Crippen LogP contribution in [0.4, 0.5) is 0 Å². The van der Waals surface area contributed by atoms with Gasteiger partial charge in [0, 0.05) is 16.6 Å². The molecule has 0 aliphatic rings. The fourth-order valence-corrected chi connectivity index (χ4v) is 2.52. The van der Waals surface area contributed by atoms with E-state index in [0.717, 1.165) is 40.3 Å². The smallest absolute Gasteiger partial charge is 0.169 e. The van der Waals surface area contributed by atoms with Gasteiger partial charge >= 0.3 is 0 Å². The molecule has 0 aliphatic carbocycles. The summed E-state index contributed by atoms with van der Waals surface area (Å²) in [5, 5.41) is 3.15. The van der Waals surface area contributed by atoms with Crippen LogP contribution >= 0.6 is 15.9 Å². The first kappa shape index (κ1) is 15.9. The molecule has 0 aliphatic heterocycles. The van der Waals surface area contributed by atoms with E-state index < -0.39 is 0 Å². The Bertz CT molecular complexity index is 614. The maximum atomic E-state index is 6.05. The summed E-state index contributed by atoms with van der Waals surface area (Å²) >= 11 is 3.49. The van der Waals surface area contributed by atoms with Crippen LogP contribution in [-0.2, 0) is 13.0 Å². The molecule has 0 radical (unpaired) electrons. The van der Waals surface area contributed by atoms with E-state index in [1.165, 1.54) is 5.56 Å². The third-order valence-electron chi connectivity index (χ3n) is 3.25. The normalized spacial score (nSPS) is 10.5. The average Bonchev–Trinajstić information content (AvgIpc) is 2.50. The SMILES string of the molecule is CCc1ccc(Oc2ccc(Br)cc2CNC)c(OC)c1. The highest BCUT2D eigenvalue weighted by atomic mass is 79.9. The summed E-state index contributed by atoms with van der Waals surface area (Å²) in [7, 11) is 3.58. The minimum atomic E-state index is 0.731. The van der Waals surface area contributed by atoms with Crippen LogP contribution in [0, 0.1) is 0 Å². The van der Waals surface area contributed by atoms with Gasteiger partial charge in [0.1, 0.15) is 5.75 Å². The molecule has 3 nitrogen and oxygen atoms in total. The van der Waals surface area contributed by atoms with Crippen molar-refractivity contribution in [3.8, 4) is 17.2 Å². The number of methoxy groups -OCH3 is 1. The molecular formula is C17H20BrNO2. The van der Waals surface area contributed by atoms with Crippen molar-refractivity contribution in [2.45, 2.75) is 19.9 Å². The van der Waals surface area contributed by atoms with Crippen molar-refractivity contribution >= 4 is 15.9 Å². The van der Waals surface area contributed by atoms with Crippen LogP contribution in [0.2, 0.25) is 0 Å². The minimum absolute atomic E-state index is 0.731. The molecule has 2 aromatic carbocycles. The second-order valence-electron chi connectivity index (χ2n) is 4.72. The highest BCUT2D eigenvalue weighted by molar-refractivity contribution is 9.10. The lowest BCUT2D eigenvalue weighted by atomic mass is 10.1. The van der Waals surface area contributed by atoms with Gasteiger partial charge in [-0.3, -0.25) is 0 Å². The number of hydrogen-bond donors (Lipinski definition) is 1. The predicted octanol–water partition coefficient (Wildman–Crippen LogP) is 4.53. The maximum absolute atomic E-state index is 6.05. The largest absolute Gasteiger partial charge is 0.493 e. The van der Waals surface area contributed by atoms with Crippen LogP contribution in [-0.4, -0.2) is 14.2 Å². The lowest BCUT2D eigenvalue weighted by molar-refractivity contribution is 0.377. The van der Waals surface area contributed by atoms with Gasteiger partial charge in [0.05, 0.1) is 7.11 Å². The molecule has 0 bridgehead atoms. The third-order valence-corrected chi connectivity index (χ3v) is 3.74. The first-order valence-corrected chi connectivity index (χ1v) is 7.75. The first-order valence-electron chi connectivity index (χ1n) is 6.95. The van der Waals surface area contributed by atoms with E-state index in [1.54, 1.807) is 7.11 Å². The van der Waals surface area contributed by atoms with E-state index in [2.05, 4.69) is 40.3 Å². The average molecular weight is 350 g/mol. The van der Waals surface area contributed by atoms with Crippen molar-refractivity contribution in [3.63, 3.8) is 0 Å². The maximum Gasteiger partial charge on any atom is 0.169 e. The Morgan fingerprint density at radius 1 is 1.05 bits per heavy atom. The van der Waals surface area contributed by atoms with Crippen molar-refractivity contribution in [3.05, 3.63) is 52.0 Å². The summed E-state index contributed by atoms with van der Waals surface area (Å²) in [6.07, 6.45) is 0.972. The molecule has 0 aromatic heterocycles. The number of hydrogen-bond acceptors (Lipinski definition) is 3. The molecule has 0 heterocycles. The Labute approximate surface area is 134 Å². The zero-order valence-electron chi connectivity index (χ0n) is 12.6. The highest BCUT2D eigenvalue weighted by Gasteiger charge is 2.10. The second kappa shape index (κ2) is 7.48. The molecule has 1 N–H and O–H groups in total. The summed E-state index contributed by atoms with van der Waals surface area (Å²) in [5.41, 5.74) is 2.32. The number of aryl methyl sites for hydroxylation is 1. The molecule has 0 fully saturated rings. The second-order valence-corrected chi connectivity index (χ2v) is 5.64. The van der Waals surface area contributed by atoms with Gasteiger partial charge in [-0.15, -0.1) is 0 Å². The first-order chi connectivity index (χ1) is 10.2. The Hall–Kier alpha value is -1.52. The minimum Gasteiger partial charge on any atom is -0.493 e. The molecule has 4 heteroatoms. The number of ether oxygens (including phenoxy) is 2. The van der Waals surface area contributed by atoms with Crippen LogP contribution in [0.5, 0.6) is 17.2 Å². The molecule has 0 saturated carbocycles. The van der Waals surface area contributed by atoms with E-state index >= 15 is 0 Å². The summed E-state index contributed by atoms with van der Waals surface area (Å²) < 4.78 is 12.5. The van der Waals surface area contributed by atoms with Gasteiger partial charge in [-0.05, 0) is 49.4 Å². The van der Waals surface area contributed by atoms with Crippen molar-refractivity contribution in [2.24, 2.45) is 0 Å². The summed E-state index contributed by atoms with van der Waals surface area (Å²) in [6, 6.07) is 12.0. The van der Waals surface area contributed by atoms with Crippen molar-refractivity contribution in [1.29, 1.82) is 0 Å². The number of nitrogens with one attached hydrogen (secondary N) is 1. The Morgan fingerprint density at radius 2 is 1.81 bits per heavy atom. The summed E-state index contributed by atoms with van der Waals surface area (Å²) in [4.78, 5) is 0. The van der Waals surface area contributed by atoms with Gasteiger partial charge < -0.3 is 14.8 Å². The Kier molecular flexibility index (Phi) is 5.65. The van der Waals surface area contributed by atoms with E-state index in [4.69, 9.17) is 9.47 Å². The number of halogens is 1. The van der Waals surface area contributed by atoms with Crippen molar-refractivity contribution in [1.82, 2.24) is 5.32 Å². The molecule has 0 amide bonds. The molecule has 21 heavy (non-hydrogen) atoms. The van der Waals surface area contributed by atoms with Crippen LogP contribution in [0.3, 0.4) is 0 Å². The van der Waals surface area contributed by atoms with Gasteiger partial charge in [0.2, 0.25) is 0 Å². The molecule has 0 atom stereocenters.